The van der Waals surface area contributed by atoms with Crippen LogP contribution in [0.15, 0.2) is 18.2 Å². The number of carbonyl (C=O) groups is 2. The van der Waals surface area contributed by atoms with E-state index in [2.05, 4.69) is 5.32 Å². The van der Waals surface area contributed by atoms with Gasteiger partial charge in [0.25, 0.3) is 0 Å². The van der Waals surface area contributed by atoms with Gasteiger partial charge in [-0.15, -0.1) is 0 Å². The molecule has 1 aromatic rings. The topological polar surface area (TPSA) is 49.4 Å². The number of rotatable bonds is 4. The molecule has 1 aromatic carbocycles. The van der Waals surface area contributed by atoms with Crippen LogP contribution in [0.1, 0.15) is 31.7 Å². The Labute approximate surface area is 128 Å². The first-order valence-corrected chi connectivity index (χ1v) is 7.41. The van der Waals surface area contributed by atoms with Gasteiger partial charge in [0.05, 0.1) is 6.54 Å². The Bertz CT molecular complexity index is 530. The summed E-state index contributed by atoms with van der Waals surface area (Å²) in [5.41, 5.74) is 0.289. The van der Waals surface area contributed by atoms with E-state index in [0.29, 0.717) is 11.4 Å². The van der Waals surface area contributed by atoms with Crippen molar-refractivity contribution in [3.63, 3.8) is 0 Å². The molecule has 1 aliphatic heterocycles. The van der Waals surface area contributed by atoms with E-state index < -0.39 is 11.9 Å². The van der Waals surface area contributed by atoms with E-state index in [1.165, 1.54) is 17.0 Å². The standard InChI is InChI=1S/C15H18ClFN2O2/c1-2-4-13-15(21)19(8-7-14(20)18-13)9-10-11(16)5-3-6-12(10)17/h3,5-6,13H,2,4,7-9H2,1H3,(H,18,20). The lowest BCUT2D eigenvalue weighted by atomic mass is 10.1. The molecule has 1 aliphatic rings. The van der Waals surface area contributed by atoms with Crippen LogP contribution in [0.2, 0.25) is 5.02 Å². The van der Waals surface area contributed by atoms with E-state index in [4.69, 9.17) is 11.6 Å². The van der Waals surface area contributed by atoms with Crippen LogP contribution in [-0.2, 0) is 16.1 Å². The van der Waals surface area contributed by atoms with Gasteiger partial charge in [0.2, 0.25) is 11.8 Å². The van der Waals surface area contributed by atoms with Crippen molar-refractivity contribution >= 4 is 23.4 Å². The largest absolute Gasteiger partial charge is 0.344 e. The number of amides is 2. The number of nitrogens with one attached hydrogen (secondary N) is 1. The van der Waals surface area contributed by atoms with E-state index in [-0.39, 0.29) is 36.9 Å². The molecule has 1 saturated heterocycles. The van der Waals surface area contributed by atoms with Gasteiger partial charge in [-0.05, 0) is 18.6 Å². The Morgan fingerprint density at radius 1 is 1.43 bits per heavy atom. The van der Waals surface area contributed by atoms with Gasteiger partial charge in [0, 0.05) is 23.6 Å². The Hall–Kier alpha value is -1.62. The molecule has 0 aromatic heterocycles. The number of hydrogen-bond acceptors (Lipinski definition) is 2. The average Bonchev–Trinajstić information content (AvgIpc) is 2.56. The minimum Gasteiger partial charge on any atom is -0.344 e. The zero-order chi connectivity index (χ0) is 15.4. The molecule has 2 rings (SSSR count). The van der Waals surface area contributed by atoms with Gasteiger partial charge in [-0.3, -0.25) is 9.59 Å². The molecule has 4 nitrogen and oxygen atoms in total. The molecule has 1 unspecified atom stereocenters. The summed E-state index contributed by atoms with van der Waals surface area (Å²) in [6.07, 6.45) is 1.58. The van der Waals surface area contributed by atoms with Crippen molar-refractivity contribution in [1.29, 1.82) is 0 Å². The first-order chi connectivity index (χ1) is 10.0. The molecule has 0 saturated carbocycles. The fraction of sp³-hybridized carbons (Fsp3) is 0.467. The van der Waals surface area contributed by atoms with Crippen LogP contribution in [0, 0.1) is 5.82 Å². The Morgan fingerprint density at radius 3 is 2.86 bits per heavy atom. The monoisotopic (exact) mass is 312 g/mol. The third-order valence-electron chi connectivity index (χ3n) is 3.54. The van der Waals surface area contributed by atoms with E-state index in [0.717, 1.165) is 6.42 Å². The summed E-state index contributed by atoms with van der Waals surface area (Å²) in [4.78, 5) is 25.6. The SMILES string of the molecule is CCCC1NC(=O)CCN(Cc2c(F)cccc2Cl)C1=O. The van der Waals surface area contributed by atoms with Gasteiger partial charge in [-0.1, -0.05) is 31.0 Å². The van der Waals surface area contributed by atoms with Crippen molar-refractivity contribution in [2.75, 3.05) is 6.54 Å². The number of carbonyl (C=O) groups excluding carboxylic acids is 2. The second-order valence-corrected chi connectivity index (χ2v) is 5.53. The van der Waals surface area contributed by atoms with Crippen molar-refractivity contribution in [2.24, 2.45) is 0 Å². The molecule has 0 radical (unpaired) electrons. The Morgan fingerprint density at radius 2 is 2.19 bits per heavy atom. The average molecular weight is 313 g/mol. The van der Waals surface area contributed by atoms with Crippen LogP contribution in [0.25, 0.3) is 0 Å². The van der Waals surface area contributed by atoms with Crippen molar-refractivity contribution in [2.45, 2.75) is 38.8 Å². The first-order valence-electron chi connectivity index (χ1n) is 7.04. The molecule has 0 spiro atoms. The maximum atomic E-state index is 13.9. The molecule has 0 bridgehead atoms. The van der Waals surface area contributed by atoms with Crippen molar-refractivity contribution < 1.29 is 14.0 Å². The van der Waals surface area contributed by atoms with Gasteiger partial charge in [0.1, 0.15) is 11.9 Å². The highest BCUT2D eigenvalue weighted by Crippen LogP contribution is 2.22. The first kappa shape index (κ1) is 15.8. The number of hydrogen-bond donors (Lipinski definition) is 1. The minimum atomic E-state index is -0.532. The zero-order valence-corrected chi connectivity index (χ0v) is 12.6. The lowest BCUT2D eigenvalue weighted by Gasteiger charge is -2.24. The van der Waals surface area contributed by atoms with Crippen molar-refractivity contribution in [3.05, 3.63) is 34.6 Å². The van der Waals surface area contributed by atoms with Gasteiger partial charge < -0.3 is 10.2 Å². The molecule has 6 heteroatoms. The summed E-state index contributed by atoms with van der Waals surface area (Å²) in [7, 11) is 0. The predicted octanol–water partition coefficient (Wildman–Crippen LogP) is 2.50. The second kappa shape index (κ2) is 6.89. The van der Waals surface area contributed by atoms with Gasteiger partial charge >= 0.3 is 0 Å². The van der Waals surface area contributed by atoms with Gasteiger partial charge in [-0.2, -0.15) is 0 Å². The zero-order valence-electron chi connectivity index (χ0n) is 11.9. The van der Waals surface area contributed by atoms with Gasteiger partial charge in [0.15, 0.2) is 0 Å². The van der Waals surface area contributed by atoms with Crippen LogP contribution in [0.3, 0.4) is 0 Å². The van der Waals surface area contributed by atoms with Gasteiger partial charge in [-0.25, -0.2) is 4.39 Å². The second-order valence-electron chi connectivity index (χ2n) is 5.12. The Balaban J connectivity index is 2.21. The Kier molecular flexibility index (Phi) is 5.17. The minimum absolute atomic E-state index is 0.0829. The van der Waals surface area contributed by atoms with Crippen LogP contribution < -0.4 is 5.32 Å². The smallest absolute Gasteiger partial charge is 0.245 e. The summed E-state index contributed by atoms with van der Waals surface area (Å²) < 4.78 is 13.9. The number of halogens is 2. The summed E-state index contributed by atoms with van der Waals surface area (Å²) in [6.45, 7) is 2.30. The summed E-state index contributed by atoms with van der Waals surface area (Å²) in [5, 5.41) is 3.01. The number of benzene rings is 1. The normalized spacial score (nSPS) is 19.4. The van der Waals surface area contributed by atoms with E-state index >= 15 is 0 Å². The maximum Gasteiger partial charge on any atom is 0.245 e. The molecule has 1 atom stereocenters. The van der Waals surface area contributed by atoms with Crippen molar-refractivity contribution in [3.8, 4) is 0 Å². The molecule has 1 fully saturated rings. The molecular formula is C15H18ClFN2O2. The highest BCUT2D eigenvalue weighted by Gasteiger charge is 2.29. The molecular weight excluding hydrogens is 295 g/mol. The molecule has 114 valence electrons. The molecule has 2 amide bonds. The molecule has 21 heavy (non-hydrogen) atoms. The highest BCUT2D eigenvalue weighted by molar-refractivity contribution is 6.31. The third kappa shape index (κ3) is 3.73. The number of nitrogens with zero attached hydrogens (tertiary/aromatic N) is 1. The maximum absolute atomic E-state index is 13.9. The quantitative estimate of drug-likeness (QED) is 0.928. The lowest BCUT2D eigenvalue weighted by Crippen LogP contribution is -2.44. The fourth-order valence-electron chi connectivity index (χ4n) is 2.41. The van der Waals surface area contributed by atoms with E-state index in [9.17, 15) is 14.0 Å². The summed E-state index contributed by atoms with van der Waals surface area (Å²) >= 11 is 6.00. The lowest BCUT2D eigenvalue weighted by molar-refractivity contribution is -0.134. The fourth-order valence-corrected chi connectivity index (χ4v) is 2.63. The van der Waals surface area contributed by atoms with Crippen LogP contribution in [0.5, 0.6) is 0 Å². The van der Waals surface area contributed by atoms with Crippen molar-refractivity contribution in [1.82, 2.24) is 10.2 Å². The van der Waals surface area contributed by atoms with Crippen LogP contribution >= 0.6 is 11.6 Å². The summed E-state index contributed by atoms with van der Waals surface area (Å²) in [5.74, 6) is -0.767. The van der Waals surface area contributed by atoms with E-state index in [1.54, 1.807) is 6.07 Å². The molecule has 1 heterocycles. The van der Waals surface area contributed by atoms with Crippen LogP contribution in [-0.4, -0.2) is 29.3 Å². The third-order valence-corrected chi connectivity index (χ3v) is 3.90. The molecule has 0 aliphatic carbocycles. The van der Waals surface area contributed by atoms with Crippen LogP contribution in [0.4, 0.5) is 4.39 Å². The highest BCUT2D eigenvalue weighted by atomic mass is 35.5. The predicted molar refractivity (Wildman–Crippen MR) is 78.3 cm³/mol. The summed E-state index contributed by atoms with van der Waals surface area (Å²) in [6, 6.07) is 3.90. The van der Waals surface area contributed by atoms with E-state index in [1.807, 2.05) is 6.92 Å². The molecule has 1 N–H and O–H groups in total.